The molecule has 0 spiro atoms. The Morgan fingerprint density at radius 2 is 1.85 bits per heavy atom. The summed E-state index contributed by atoms with van der Waals surface area (Å²) in [6.45, 7) is 2.81. The number of amides is 1. The Kier molecular flexibility index (Phi) is 9.18. The van der Waals surface area contributed by atoms with Crippen LogP contribution >= 0.6 is 50.1 Å². The van der Waals surface area contributed by atoms with Gasteiger partial charge in [0.1, 0.15) is 24.0 Å². The molecule has 0 aliphatic carbocycles. The van der Waals surface area contributed by atoms with Gasteiger partial charge in [0.15, 0.2) is 5.75 Å². The van der Waals surface area contributed by atoms with Crippen LogP contribution in [0.3, 0.4) is 0 Å². The quantitative estimate of drug-likeness (QED) is 0.161. The van der Waals surface area contributed by atoms with E-state index in [0.717, 1.165) is 9.13 Å². The number of benzene rings is 3. The number of carbonyl (C=O) groups is 1. The van der Waals surface area contributed by atoms with Gasteiger partial charge in [0.05, 0.1) is 16.1 Å². The van der Waals surface area contributed by atoms with Crippen LogP contribution in [-0.2, 0) is 11.4 Å². The monoisotopic (exact) mass is 636 g/mol. The maximum Gasteiger partial charge on any atom is 0.266 e. The van der Waals surface area contributed by atoms with Crippen LogP contribution in [0.25, 0.3) is 6.08 Å². The van der Waals surface area contributed by atoms with E-state index in [1.807, 2.05) is 37.3 Å². The molecule has 5 nitrogen and oxygen atoms in total. The van der Waals surface area contributed by atoms with Gasteiger partial charge in [-0.05, 0) is 111 Å². The largest absolute Gasteiger partial charge is 0.494 e. The molecule has 3 rings (SSSR count). The fourth-order valence-electron chi connectivity index (χ4n) is 2.85. The second-order valence-electron chi connectivity index (χ2n) is 6.81. The van der Waals surface area contributed by atoms with Crippen LogP contribution in [0.5, 0.6) is 11.5 Å². The zero-order chi connectivity index (χ0) is 23.8. The molecule has 0 heterocycles. The van der Waals surface area contributed by atoms with E-state index in [0.29, 0.717) is 45.5 Å². The van der Waals surface area contributed by atoms with E-state index in [-0.39, 0.29) is 5.57 Å². The summed E-state index contributed by atoms with van der Waals surface area (Å²) in [6, 6.07) is 20.3. The number of nitrogens with one attached hydrogen (secondary N) is 1. The van der Waals surface area contributed by atoms with Gasteiger partial charge in [0.25, 0.3) is 5.91 Å². The zero-order valence-electron chi connectivity index (χ0n) is 17.6. The number of hydrogen-bond donors (Lipinski definition) is 1. The number of nitrogens with zero attached hydrogens (tertiary/aromatic N) is 1. The van der Waals surface area contributed by atoms with Gasteiger partial charge >= 0.3 is 0 Å². The van der Waals surface area contributed by atoms with Crippen molar-refractivity contribution in [1.29, 1.82) is 5.26 Å². The standard InChI is InChI=1S/C25H19BrClIN2O3/c1-2-32-21-9-7-20(8-10-21)30-25(31)18(14-29)11-17-12-22(26)24(23(27)13-17)33-15-16-3-5-19(28)6-4-16/h3-13H,2,15H2,1H3,(H,30,31)/b18-11-. The van der Waals surface area contributed by atoms with Crippen molar-refractivity contribution in [1.82, 2.24) is 0 Å². The van der Waals surface area contributed by atoms with Gasteiger partial charge in [-0.25, -0.2) is 0 Å². The van der Waals surface area contributed by atoms with Crippen LogP contribution in [0.2, 0.25) is 5.02 Å². The topological polar surface area (TPSA) is 71.3 Å². The minimum absolute atomic E-state index is 0.0561. The van der Waals surface area contributed by atoms with Crippen molar-refractivity contribution in [2.75, 3.05) is 11.9 Å². The molecule has 168 valence electrons. The highest BCUT2D eigenvalue weighted by molar-refractivity contribution is 14.1. The summed E-state index contributed by atoms with van der Waals surface area (Å²) in [5.41, 5.74) is 2.11. The second kappa shape index (κ2) is 12.1. The van der Waals surface area contributed by atoms with E-state index < -0.39 is 5.91 Å². The summed E-state index contributed by atoms with van der Waals surface area (Å²) < 4.78 is 13.0. The molecule has 0 aromatic heterocycles. The van der Waals surface area contributed by atoms with Gasteiger partial charge in [0.2, 0.25) is 0 Å². The fraction of sp³-hybridized carbons (Fsp3) is 0.120. The average Bonchev–Trinajstić information content (AvgIpc) is 2.79. The number of ether oxygens (including phenoxy) is 2. The molecule has 1 N–H and O–H groups in total. The molecule has 0 unspecified atom stereocenters. The molecule has 0 saturated heterocycles. The number of halogens is 3. The highest BCUT2D eigenvalue weighted by atomic mass is 127. The van der Waals surface area contributed by atoms with Gasteiger partial charge in [-0.15, -0.1) is 0 Å². The van der Waals surface area contributed by atoms with Crippen molar-refractivity contribution in [3.8, 4) is 17.6 Å². The van der Waals surface area contributed by atoms with Gasteiger partial charge in [0, 0.05) is 9.26 Å². The summed E-state index contributed by atoms with van der Waals surface area (Å²) in [5.74, 6) is 0.674. The lowest BCUT2D eigenvalue weighted by Crippen LogP contribution is -2.13. The minimum atomic E-state index is -0.520. The lowest BCUT2D eigenvalue weighted by atomic mass is 10.1. The van der Waals surface area contributed by atoms with Crippen LogP contribution in [0.1, 0.15) is 18.1 Å². The van der Waals surface area contributed by atoms with E-state index >= 15 is 0 Å². The third-order valence-electron chi connectivity index (χ3n) is 4.42. The maximum absolute atomic E-state index is 12.6. The summed E-state index contributed by atoms with van der Waals surface area (Å²) in [4.78, 5) is 12.6. The SMILES string of the molecule is CCOc1ccc(NC(=O)/C(C#N)=C\c2cc(Cl)c(OCc3ccc(I)cc3)c(Br)c2)cc1. The molecule has 1 amide bonds. The predicted octanol–water partition coefficient (Wildman–Crippen LogP) is 7.23. The van der Waals surface area contributed by atoms with Crippen molar-refractivity contribution in [2.24, 2.45) is 0 Å². The van der Waals surface area contributed by atoms with Crippen molar-refractivity contribution < 1.29 is 14.3 Å². The van der Waals surface area contributed by atoms with Crippen LogP contribution in [0.4, 0.5) is 5.69 Å². The first-order valence-corrected chi connectivity index (χ1v) is 12.2. The number of carbonyl (C=O) groups excluding carboxylic acids is 1. The Balaban J connectivity index is 1.72. The third kappa shape index (κ3) is 7.22. The summed E-state index contributed by atoms with van der Waals surface area (Å²) in [6.07, 6.45) is 1.48. The summed E-state index contributed by atoms with van der Waals surface area (Å²) in [7, 11) is 0. The second-order valence-corrected chi connectivity index (χ2v) is 9.32. The molecule has 0 radical (unpaired) electrons. The van der Waals surface area contributed by atoms with Crippen molar-refractivity contribution in [3.05, 3.63) is 90.4 Å². The van der Waals surface area contributed by atoms with Crippen molar-refractivity contribution in [2.45, 2.75) is 13.5 Å². The zero-order valence-corrected chi connectivity index (χ0v) is 22.1. The number of nitriles is 1. The lowest BCUT2D eigenvalue weighted by molar-refractivity contribution is -0.112. The molecule has 3 aromatic carbocycles. The minimum Gasteiger partial charge on any atom is -0.494 e. The van der Waals surface area contributed by atoms with Gasteiger partial charge in [-0.1, -0.05) is 23.7 Å². The molecule has 33 heavy (non-hydrogen) atoms. The average molecular weight is 638 g/mol. The Hall–Kier alpha value is -2.54. The first-order chi connectivity index (χ1) is 15.9. The number of hydrogen-bond acceptors (Lipinski definition) is 4. The van der Waals surface area contributed by atoms with E-state index in [1.165, 1.54) is 6.08 Å². The Morgan fingerprint density at radius 3 is 2.45 bits per heavy atom. The molecular weight excluding hydrogens is 619 g/mol. The number of anilines is 1. The van der Waals surface area contributed by atoms with Crippen molar-refractivity contribution >= 4 is 67.8 Å². The molecule has 0 bridgehead atoms. The van der Waals surface area contributed by atoms with Crippen molar-refractivity contribution in [3.63, 3.8) is 0 Å². The smallest absolute Gasteiger partial charge is 0.266 e. The predicted molar refractivity (Wildman–Crippen MR) is 142 cm³/mol. The summed E-state index contributed by atoms with van der Waals surface area (Å²) >= 11 is 12.1. The third-order valence-corrected chi connectivity index (χ3v) is 6.01. The van der Waals surface area contributed by atoms with Crippen LogP contribution in [-0.4, -0.2) is 12.5 Å². The van der Waals surface area contributed by atoms with Gasteiger partial charge < -0.3 is 14.8 Å². The van der Waals surface area contributed by atoms with Crippen LogP contribution in [0.15, 0.2) is 70.7 Å². The van der Waals surface area contributed by atoms with Crippen LogP contribution in [0, 0.1) is 14.9 Å². The van der Waals surface area contributed by atoms with E-state index in [1.54, 1.807) is 36.4 Å². The van der Waals surface area contributed by atoms with E-state index in [4.69, 9.17) is 21.1 Å². The molecule has 0 fully saturated rings. The molecule has 0 aliphatic heterocycles. The lowest BCUT2D eigenvalue weighted by Gasteiger charge is -2.12. The molecular formula is C25H19BrClIN2O3. The van der Waals surface area contributed by atoms with E-state index in [2.05, 4.69) is 43.8 Å². The molecule has 0 atom stereocenters. The van der Waals surface area contributed by atoms with E-state index in [9.17, 15) is 10.1 Å². The highest BCUT2D eigenvalue weighted by Gasteiger charge is 2.13. The fourth-order valence-corrected chi connectivity index (χ4v) is 4.20. The molecule has 0 saturated carbocycles. The number of rotatable bonds is 8. The first-order valence-electron chi connectivity index (χ1n) is 9.92. The Labute approximate surface area is 219 Å². The molecule has 8 heteroatoms. The molecule has 3 aromatic rings. The normalized spacial score (nSPS) is 10.9. The van der Waals surface area contributed by atoms with Crippen LogP contribution < -0.4 is 14.8 Å². The maximum atomic E-state index is 12.6. The first kappa shape index (κ1) is 25.1. The molecule has 0 aliphatic rings. The van der Waals surface area contributed by atoms with Gasteiger partial charge in [-0.3, -0.25) is 4.79 Å². The summed E-state index contributed by atoms with van der Waals surface area (Å²) in [5, 5.41) is 12.6. The van der Waals surface area contributed by atoms with Gasteiger partial charge in [-0.2, -0.15) is 5.26 Å². The Morgan fingerprint density at radius 1 is 1.15 bits per heavy atom. The Bertz CT molecular complexity index is 1180. The highest BCUT2D eigenvalue weighted by Crippen LogP contribution is 2.35.